The smallest absolute Gasteiger partial charge is 0.307 e. The number of carboxylic acid groups (broad SMARTS) is 1. The van der Waals surface area contributed by atoms with Gasteiger partial charge in [-0.3, -0.25) is 4.79 Å². The Bertz CT molecular complexity index is 298. The highest BCUT2D eigenvalue weighted by Crippen LogP contribution is 2.07. The molecule has 0 amide bonds. The summed E-state index contributed by atoms with van der Waals surface area (Å²) in [5.74, 6) is -0.792. The summed E-state index contributed by atoms with van der Waals surface area (Å²) >= 11 is 0. The number of aryl methyl sites for hydroxylation is 1. The molecule has 0 spiro atoms. The minimum Gasteiger partial charge on any atom is -0.481 e. The van der Waals surface area contributed by atoms with E-state index in [-0.39, 0.29) is 18.8 Å². The van der Waals surface area contributed by atoms with Crippen molar-refractivity contribution in [1.29, 1.82) is 0 Å². The van der Waals surface area contributed by atoms with E-state index in [0.29, 0.717) is 6.54 Å². The molecule has 0 atom stereocenters. The zero-order valence-electron chi connectivity index (χ0n) is 8.48. The van der Waals surface area contributed by atoms with Gasteiger partial charge in [-0.25, -0.2) is 0 Å². The first-order chi connectivity index (χ1) is 6.72. The van der Waals surface area contributed by atoms with Gasteiger partial charge < -0.3 is 10.8 Å². The molecule has 0 aromatic heterocycles. The van der Waals surface area contributed by atoms with Crippen LogP contribution in [0.2, 0.25) is 0 Å². The molecule has 0 unspecified atom stereocenters. The van der Waals surface area contributed by atoms with Gasteiger partial charge in [-0.05, 0) is 30.5 Å². The zero-order valence-corrected chi connectivity index (χ0v) is 9.30. The first-order valence-corrected chi connectivity index (χ1v) is 4.72. The van der Waals surface area contributed by atoms with Crippen LogP contribution in [0.15, 0.2) is 24.3 Å². The SMILES string of the molecule is Cl.NCCCc1ccc(CC(=O)O)cc1. The van der Waals surface area contributed by atoms with Gasteiger partial charge >= 0.3 is 5.97 Å². The zero-order chi connectivity index (χ0) is 10.4. The normalized spacial score (nSPS) is 9.40. The Morgan fingerprint density at radius 2 is 1.73 bits per heavy atom. The van der Waals surface area contributed by atoms with Crippen molar-refractivity contribution >= 4 is 18.4 Å². The lowest BCUT2D eigenvalue weighted by molar-refractivity contribution is -0.136. The molecule has 0 saturated carbocycles. The third-order valence-electron chi connectivity index (χ3n) is 2.05. The predicted octanol–water partition coefficient (Wildman–Crippen LogP) is 1.63. The molecule has 0 heterocycles. The maximum Gasteiger partial charge on any atom is 0.307 e. The highest BCUT2D eigenvalue weighted by molar-refractivity contribution is 5.85. The van der Waals surface area contributed by atoms with Gasteiger partial charge in [0.15, 0.2) is 0 Å². The lowest BCUT2D eigenvalue weighted by Gasteiger charge is -2.01. The summed E-state index contributed by atoms with van der Waals surface area (Å²) in [6.45, 7) is 0.691. The Hall–Kier alpha value is -1.06. The Morgan fingerprint density at radius 3 is 2.20 bits per heavy atom. The van der Waals surface area contributed by atoms with Gasteiger partial charge in [0, 0.05) is 0 Å². The lowest BCUT2D eigenvalue weighted by atomic mass is 10.1. The van der Waals surface area contributed by atoms with Crippen molar-refractivity contribution in [1.82, 2.24) is 0 Å². The Balaban J connectivity index is 0.00000196. The average Bonchev–Trinajstić information content (AvgIpc) is 2.16. The minimum atomic E-state index is -0.792. The molecule has 1 aromatic rings. The van der Waals surface area contributed by atoms with Gasteiger partial charge in [0.25, 0.3) is 0 Å². The number of aliphatic carboxylic acids is 1. The molecular weight excluding hydrogens is 214 g/mol. The van der Waals surface area contributed by atoms with E-state index < -0.39 is 5.97 Å². The van der Waals surface area contributed by atoms with Gasteiger partial charge in [-0.15, -0.1) is 12.4 Å². The molecule has 3 nitrogen and oxygen atoms in total. The molecule has 0 bridgehead atoms. The standard InChI is InChI=1S/C11H15NO2.ClH/c12-7-1-2-9-3-5-10(6-4-9)8-11(13)14;/h3-6H,1-2,7-8,12H2,(H,13,14);1H. The first kappa shape index (κ1) is 13.9. The Kier molecular flexibility index (Phi) is 6.75. The second kappa shape index (κ2) is 7.26. The van der Waals surface area contributed by atoms with Crippen LogP contribution in [0.3, 0.4) is 0 Å². The molecule has 1 rings (SSSR count). The van der Waals surface area contributed by atoms with E-state index in [4.69, 9.17) is 10.8 Å². The lowest BCUT2D eigenvalue weighted by Crippen LogP contribution is -2.01. The maximum absolute atomic E-state index is 10.4. The summed E-state index contributed by atoms with van der Waals surface area (Å²) in [5, 5.41) is 8.56. The average molecular weight is 230 g/mol. The summed E-state index contributed by atoms with van der Waals surface area (Å²) in [4.78, 5) is 10.4. The van der Waals surface area contributed by atoms with Gasteiger partial charge in [0.2, 0.25) is 0 Å². The van der Waals surface area contributed by atoms with Crippen molar-refractivity contribution in [2.45, 2.75) is 19.3 Å². The molecule has 0 aliphatic carbocycles. The van der Waals surface area contributed by atoms with Crippen LogP contribution < -0.4 is 5.73 Å². The topological polar surface area (TPSA) is 63.3 Å². The van der Waals surface area contributed by atoms with Crippen molar-refractivity contribution in [2.24, 2.45) is 5.73 Å². The molecule has 3 N–H and O–H groups in total. The molecular formula is C11H16ClNO2. The molecule has 0 saturated heterocycles. The monoisotopic (exact) mass is 229 g/mol. The van der Waals surface area contributed by atoms with Gasteiger partial charge in [-0.2, -0.15) is 0 Å². The first-order valence-electron chi connectivity index (χ1n) is 4.72. The van der Waals surface area contributed by atoms with E-state index in [0.717, 1.165) is 18.4 Å². The van der Waals surface area contributed by atoms with Crippen LogP contribution in [0.1, 0.15) is 17.5 Å². The number of benzene rings is 1. The molecule has 0 radical (unpaired) electrons. The van der Waals surface area contributed by atoms with Crippen molar-refractivity contribution < 1.29 is 9.90 Å². The van der Waals surface area contributed by atoms with E-state index in [2.05, 4.69) is 0 Å². The molecule has 1 aromatic carbocycles. The van der Waals surface area contributed by atoms with Gasteiger partial charge in [0.05, 0.1) is 6.42 Å². The third kappa shape index (κ3) is 5.40. The van der Waals surface area contributed by atoms with Crippen molar-refractivity contribution in [3.63, 3.8) is 0 Å². The largest absolute Gasteiger partial charge is 0.481 e. The van der Waals surface area contributed by atoms with Crippen LogP contribution >= 0.6 is 12.4 Å². The van der Waals surface area contributed by atoms with Crippen molar-refractivity contribution in [3.05, 3.63) is 35.4 Å². The van der Waals surface area contributed by atoms with Crippen LogP contribution in [0, 0.1) is 0 Å². The maximum atomic E-state index is 10.4. The molecule has 0 fully saturated rings. The highest BCUT2D eigenvalue weighted by atomic mass is 35.5. The van der Waals surface area contributed by atoms with E-state index in [1.54, 1.807) is 0 Å². The predicted molar refractivity (Wildman–Crippen MR) is 62.4 cm³/mol. The van der Waals surface area contributed by atoms with Gasteiger partial charge in [0.1, 0.15) is 0 Å². The molecule has 84 valence electrons. The molecule has 0 aliphatic heterocycles. The summed E-state index contributed by atoms with van der Waals surface area (Å²) in [7, 11) is 0. The number of hydrogen-bond acceptors (Lipinski definition) is 2. The number of carboxylic acids is 1. The van der Waals surface area contributed by atoms with E-state index in [1.807, 2.05) is 24.3 Å². The minimum absolute atomic E-state index is 0. The van der Waals surface area contributed by atoms with Crippen LogP contribution in [-0.2, 0) is 17.6 Å². The van der Waals surface area contributed by atoms with Gasteiger partial charge in [-0.1, -0.05) is 24.3 Å². The number of nitrogens with two attached hydrogens (primary N) is 1. The second-order valence-corrected chi connectivity index (χ2v) is 3.28. The summed E-state index contributed by atoms with van der Waals surface area (Å²) in [6.07, 6.45) is 2.03. The van der Waals surface area contributed by atoms with Crippen LogP contribution in [-0.4, -0.2) is 17.6 Å². The number of hydrogen-bond donors (Lipinski definition) is 2. The highest BCUT2D eigenvalue weighted by Gasteiger charge is 1.99. The molecule has 0 aliphatic rings. The van der Waals surface area contributed by atoms with Crippen molar-refractivity contribution in [3.8, 4) is 0 Å². The number of rotatable bonds is 5. The third-order valence-corrected chi connectivity index (χ3v) is 2.05. The second-order valence-electron chi connectivity index (χ2n) is 3.28. The van der Waals surface area contributed by atoms with Crippen LogP contribution in [0.5, 0.6) is 0 Å². The summed E-state index contributed by atoms with van der Waals surface area (Å²) in [5.41, 5.74) is 7.45. The van der Waals surface area contributed by atoms with Crippen molar-refractivity contribution in [2.75, 3.05) is 6.54 Å². The molecule has 4 heteroatoms. The Labute approximate surface area is 95.7 Å². The summed E-state index contributed by atoms with van der Waals surface area (Å²) < 4.78 is 0. The Morgan fingerprint density at radius 1 is 1.20 bits per heavy atom. The quantitative estimate of drug-likeness (QED) is 0.807. The van der Waals surface area contributed by atoms with E-state index >= 15 is 0 Å². The fourth-order valence-corrected chi connectivity index (χ4v) is 1.30. The van der Waals surface area contributed by atoms with Crippen LogP contribution in [0.25, 0.3) is 0 Å². The van der Waals surface area contributed by atoms with Crippen LogP contribution in [0.4, 0.5) is 0 Å². The number of halogens is 1. The molecule has 15 heavy (non-hydrogen) atoms. The fraction of sp³-hybridized carbons (Fsp3) is 0.364. The number of carbonyl (C=O) groups is 1. The fourth-order valence-electron chi connectivity index (χ4n) is 1.30. The van der Waals surface area contributed by atoms with E-state index in [9.17, 15) is 4.79 Å². The summed E-state index contributed by atoms with van der Waals surface area (Å²) in [6, 6.07) is 7.65. The van der Waals surface area contributed by atoms with E-state index in [1.165, 1.54) is 5.56 Å².